The number of nitrogen functional groups attached to an aromatic ring is 1. The average Bonchev–Trinajstić information content (AvgIpc) is 2.46. The van der Waals surface area contributed by atoms with Gasteiger partial charge in [0, 0.05) is 16.3 Å². The van der Waals surface area contributed by atoms with Gasteiger partial charge in [0.2, 0.25) is 0 Å². The van der Waals surface area contributed by atoms with Gasteiger partial charge in [-0.05, 0) is 42.5 Å². The van der Waals surface area contributed by atoms with Crippen molar-refractivity contribution in [2.45, 2.75) is 4.90 Å². The van der Waals surface area contributed by atoms with E-state index in [9.17, 15) is 9.18 Å². The Balaban J connectivity index is 1.80. The molecule has 0 aliphatic carbocycles. The largest absolute Gasteiger partial charge is 0.493 e. The first-order valence-corrected chi connectivity index (χ1v) is 7.19. The van der Waals surface area contributed by atoms with Crippen molar-refractivity contribution >= 4 is 23.4 Å². The van der Waals surface area contributed by atoms with Gasteiger partial charge in [-0.3, -0.25) is 0 Å². The van der Waals surface area contributed by atoms with Gasteiger partial charge in [0.15, 0.2) is 0 Å². The van der Waals surface area contributed by atoms with E-state index in [2.05, 4.69) is 0 Å². The molecule has 6 heteroatoms. The highest BCUT2D eigenvalue weighted by molar-refractivity contribution is 7.99. The predicted molar refractivity (Wildman–Crippen MR) is 80.4 cm³/mol. The maximum absolute atomic E-state index is 12.9. The van der Waals surface area contributed by atoms with E-state index < -0.39 is 5.97 Å². The van der Waals surface area contributed by atoms with Gasteiger partial charge in [-0.1, -0.05) is 0 Å². The molecule has 0 bridgehead atoms. The van der Waals surface area contributed by atoms with Crippen LogP contribution in [0.3, 0.4) is 0 Å². The number of carboxylic acids is 1. The molecule has 0 heterocycles. The third kappa shape index (κ3) is 4.39. The number of aromatic carboxylic acids is 1. The van der Waals surface area contributed by atoms with Crippen LogP contribution in [0.25, 0.3) is 0 Å². The standard InChI is InChI=1S/C15H14FNO3S/c16-11-3-6-14(13(17)9-11)21-8-7-20-12-4-1-10(2-5-12)15(18)19/h1-6,9H,7-8,17H2,(H,18,19). The van der Waals surface area contributed by atoms with Gasteiger partial charge in [-0.2, -0.15) is 0 Å². The monoisotopic (exact) mass is 307 g/mol. The van der Waals surface area contributed by atoms with Gasteiger partial charge in [-0.25, -0.2) is 9.18 Å². The third-order valence-corrected chi connectivity index (χ3v) is 3.74. The highest BCUT2D eigenvalue weighted by Gasteiger charge is 2.03. The molecule has 4 nitrogen and oxygen atoms in total. The molecule has 0 atom stereocenters. The van der Waals surface area contributed by atoms with Crippen molar-refractivity contribution in [2.75, 3.05) is 18.1 Å². The Morgan fingerprint density at radius 3 is 2.57 bits per heavy atom. The lowest BCUT2D eigenvalue weighted by Gasteiger charge is -2.08. The number of anilines is 1. The van der Waals surface area contributed by atoms with Gasteiger partial charge in [-0.15, -0.1) is 11.8 Å². The highest BCUT2D eigenvalue weighted by Crippen LogP contribution is 2.25. The Morgan fingerprint density at radius 1 is 1.24 bits per heavy atom. The van der Waals surface area contributed by atoms with Gasteiger partial charge in [0.1, 0.15) is 11.6 Å². The third-order valence-electron chi connectivity index (χ3n) is 2.68. The zero-order chi connectivity index (χ0) is 15.2. The van der Waals surface area contributed by atoms with Gasteiger partial charge < -0.3 is 15.6 Å². The summed E-state index contributed by atoms with van der Waals surface area (Å²) in [7, 11) is 0. The minimum atomic E-state index is -0.969. The van der Waals surface area contributed by atoms with Crippen molar-refractivity contribution in [2.24, 2.45) is 0 Å². The molecule has 3 N–H and O–H groups in total. The first-order chi connectivity index (χ1) is 10.1. The number of hydrogen-bond acceptors (Lipinski definition) is 4. The Hall–Kier alpha value is -2.21. The Labute approximate surface area is 125 Å². The molecule has 0 aliphatic heterocycles. The second-order valence-corrected chi connectivity index (χ2v) is 5.35. The van der Waals surface area contributed by atoms with Crippen LogP contribution in [0, 0.1) is 5.82 Å². The first-order valence-electron chi connectivity index (χ1n) is 6.20. The van der Waals surface area contributed by atoms with E-state index in [1.165, 1.54) is 36.0 Å². The van der Waals surface area contributed by atoms with Crippen molar-refractivity contribution in [3.05, 3.63) is 53.8 Å². The Bertz CT molecular complexity index is 631. The van der Waals surface area contributed by atoms with E-state index in [0.29, 0.717) is 23.8 Å². The average molecular weight is 307 g/mol. The molecule has 0 fully saturated rings. The number of benzene rings is 2. The molecule has 21 heavy (non-hydrogen) atoms. The van der Waals surface area contributed by atoms with Crippen molar-refractivity contribution in [3.63, 3.8) is 0 Å². The topological polar surface area (TPSA) is 72.5 Å². The Kier molecular flexibility index (Phi) is 5.05. The molecule has 2 rings (SSSR count). The Morgan fingerprint density at radius 2 is 1.95 bits per heavy atom. The minimum Gasteiger partial charge on any atom is -0.493 e. The van der Waals surface area contributed by atoms with Crippen LogP contribution in [0.4, 0.5) is 10.1 Å². The summed E-state index contributed by atoms with van der Waals surface area (Å²) in [6, 6.07) is 10.5. The SMILES string of the molecule is Nc1cc(F)ccc1SCCOc1ccc(C(=O)O)cc1. The van der Waals surface area contributed by atoms with Crippen LogP contribution in [0.15, 0.2) is 47.4 Å². The van der Waals surface area contributed by atoms with Crippen LogP contribution in [0.2, 0.25) is 0 Å². The summed E-state index contributed by atoms with van der Waals surface area (Å²) in [4.78, 5) is 11.5. The van der Waals surface area contributed by atoms with E-state index in [0.717, 1.165) is 4.90 Å². The number of halogens is 1. The maximum atomic E-state index is 12.9. The fourth-order valence-electron chi connectivity index (χ4n) is 1.66. The molecule has 2 aromatic rings. The van der Waals surface area contributed by atoms with Crippen LogP contribution in [0.1, 0.15) is 10.4 Å². The molecule has 0 spiro atoms. The summed E-state index contributed by atoms with van der Waals surface area (Å²) in [5.41, 5.74) is 6.33. The number of ether oxygens (including phenoxy) is 1. The molecular formula is C15H14FNO3S. The first kappa shape index (κ1) is 15.2. The molecule has 110 valence electrons. The zero-order valence-corrected chi connectivity index (χ0v) is 11.9. The lowest BCUT2D eigenvalue weighted by molar-refractivity contribution is 0.0697. The number of carbonyl (C=O) groups is 1. The normalized spacial score (nSPS) is 10.3. The minimum absolute atomic E-state index is 0.218. The molecule has 0 aromatic heterocycles. The highest BCUT2D eigenvalue weighted by atomic mass is 32.2. The summed E-state index contributed by atoms with van der Waals surface area (Å²) >= 11 is 1.47. The molecule has 0 saturated carbocycles. The molecule has 0 aliphatic rings. The molecule has 0 radical (unpaired) electrons. The van der Waals surface area contributed by atoms with E-state index in [4.69, 9.17) is 15.6 Å². The fourth-order valence-corrected chi connectivity index (χ4v) is 2.43. The summed E-state index contributed by atoms with van der Waals surface area (Å²) < 4.78 is 18.4. The maximum Gasteiger partial charge on any atom is 0.335 e. The van der Waals surface area contributed by atoms with Gasteiger partial charge in [0.05, 0.1) is 12.2 Å². The smallest absolute Gasteiger partial charge is 0.335 e. The van der Waals surface area contributed by atoms with E-state index in [1.807, 2.05) is 0 Å². The lowest BCUT2D eigenvalue weighted by atomic mass is 10.2. The number of thioether (sulfide) groups is 1. The van der Waals surface area contributed by atoms with Crippen LogP contribution >= 0.6 is 11.8 Å². The summed E-state index contributed by atoms with van der Waals surface area (Å²) in [5.74, 6) is -0.0699. The lowest BCUT2D eigenvalue weighted by Crippen LogP contribution is -2.01. The second kappa shape index (κ2) is 6.99. The van der Waals surface area contributed by atoms with Gasteiger partial charge in [0.25, 0.3) is 0 Å². The second-order valence-electron chi connectivity index (χ2n) is 4.21. The zero-order valence-electron chi connectivity index (χ0n) is 11.1. The van der Waals surface area contributed by atoms with Crippen LogP contribution in [-0.2, 0) is 0 Å². The van der Waals surface area contributed by atoms with Crippen LogP contribution in [-0.4, -0.2) is 23.4 Å². The van der Waals surface area contributed by atoms with Crippen LogP contribution in [0.5, 0.6) is 5.75 Å². The van der Waals surface area contributed by atoms with E-state index >= 15 is 0 Å². The number of nitrogens with two attached hydrogens (primary N) is 1. The quantitative estimate of drug-likeness (QED) is 0.487. The number of rotatable bonds is 6. The van der Waals surface area contributed by atoms with Crippen molar-refractivity contribution in [1.82, 2.24) is 0 Å². The summed E-state index contributed by atoms with van der Waals surface area (Å²) in [6.07, 6.45) is 0. The number of hydrogen-bond donors (Lipinski definition) is 2. The summed E-state index contributed by atoms with van der Waals surface area (Å²) in [6.45, 7) is 0.438. The fraction of sp³-hybridized carbons (Fsp3) is 0.133. The molecule has 0 amide bonds. The molecule has 0 unspecified atom stereocenters. The van der Waals surface area contributed by atoms with Crippen molar-refractivity contribution in [1.29, 1.82) is 0 Å². The molecule has 0 saturated heterocycles. The van der Waals surface area contributed by atoms with E-state index in [1.54, 1.807) is 18.2 Å². The van der Waals surface area contributed by atoms with Crippen molar-refractivity contribution < 1.29 is 19.0 Å². The van der Waals surface area contributed by atoms with E-state index in [-0.39, 0.29) is 11.4 Å². The van der Waals surface area contributed by atoms with Gasteiger partial charge >= 0.3 is 5.97 Å². The molecule has 2 aromatic carbocycles. The summed E-state index contributed by atoms with van der Waals surface area (Å²) in [5, 5.41) is 8.78. The predicted octanol–water partition coefficient (Wildman–Crippen LogP) is 3.28. The molecular weight excluding hydrogens is 293 g/mol. The number of carboxylic acid groups (broad SMARTS) is 1. The van der Waals surface area contributed by atoms with Crippen molar-refractivity contribution in [3.8, 4) is 5.75 Å². The van der Waals surface area contributed by atoms with Crippen LogP contribution < -0.4 is 10.5 Å².